The van der Waals surface area contributed by atoms with Crippen LogP contribution in [0.1, 0.15) is 24.8 Å². The van der Waals surface area contributed by atoms with E-state index in [1.807, 2.05) is 4.90 Å². The molecule has 21 heavy (non-hydrogen) atoms. The Labute approximate surface area is 124 Å². The Morgan fingerprint density at radius 2 is 2.10 bits per heavy atom. The number of carbonyl (C=O) groups excluding carboxylic acids is 1. The lowest BCUT2D eigenvalue weighted by molar-refractivity contribution is -0.140. The number of likely N-dealkylation sites (tertiary alicyclic amines) is 1. The molecule has 1 aliphatic carbocycles. The predicted octanol–water partition coefficient (Wildman–Crippen LogP) is 2.50. The van der Waals surface area contributed by atoms with Gasteiger partial charge in [0.15, 0.2) is 0 Å². The Kier molecular flexibility index (Phi) is 3.92. The Morgan fingerprint density at radius 3 is 2.71 bits per heavy atom. The van der Waals surface area contributed by atoms with E-state index in [4.69, 9.17) is 10.00 Å². The first-order chi connectivity index (χ1) is 10.2. The molecule has 0 aromatic heterocycles. The van der Waals surface area contributed by atoms with Crippen LogP contribution in [0.3, 0.4) is 0 Å². The second kappa shape index (κ2) is 6.01. The number of ether oxygens (including phenoxy) is 1. The average Bonchev–Trinajstić information content (AvgIpc) is 2.95. The molecule has 1 atom stereocenters. The second-order valence-electron chi connectivity index (χ2n) is 5.64. The van der Waals surface area contributed by atoms with Crippen LogP contribution in [0.25, 0.3) is 0 Å². The van der Waals surface area contributed by atoms with E-state index in [0.29, 0.717) is 31.0 Å². The smallest absolute Gasteiger partial charge is 0.223 e. The van der Waals surface area contributed by atoms with Crippen LogP contribution in [0.4, 0.5) is 0 Å². The number of hydrogen-bond donors (Lipinski definition) is 0. The van der Waals surface area contributed by atoms with Gasteiger partial charge in [0.2, 0.25) is 5.91 Å². The number of rotatable bonds is 4. The quantitative estimate of drug-likeness (QED) is 0.797. The maximum atomic E-state index is 12.1. The number of allylic oxidation sites excluding steroid dienone is 2. The zero-order chi connectivity index (χ0) is 14.7. The molecule has 0 spiro atoms. The van der Waals surface area contributed by atoms with Gasteiger partial charge in [0.25, 0.3) is 0 Å². The van der Waals surface area contributed by atoms with Gasteiger partial charge in [-0.1, -0.05) is 12.2 Å². The van der Waals surface area contributed by atoms with Gasteiger partial charge in [-0.3, -0.25) is 4.79 Å². The van der Waals surface area contributed by atoms with Crippen molar-refractivity contribution >= 4 is 5.91 Å². The predicted molar refractivity (Wildman–Crippen MR) is 78.6 cm³/mol. The number of hydrogen-bond acceptors (Lipinski definition) is 3. The van der Waals surface area contributed by atoms with Gasteiger partial charge in [0.05, 0.1) is 24.7 Å². The molecule has 3 rings (SSSR count). The van der Waals surface area contributed by atoms with Crippen molar-refractivity contribution < 1.29 is 9.53 Å². The summed E-state index contributed by atoms with van der Waals surface area (Å²) in [7, 11) is 0. The SMILES string of the molecule is N#Cc1ccc(OC2CN(C(=O)C[C@@H]3C=CCC3)C2)cc1. The molecule has 4 heteroatoms. The molecule has 0 radical (unpaired) electrons. The normalized spacial score (nSPS) is 20.9. The molecule has 1 aliphatic heterocycles. The highest BCUT2D eigenvalue weighted by Gasteiger charge is 2.32. The maximum Gasteiger partial charge on any atom is 0.223 e. The van der Waals surface area contributed by atoms with Gasteiger partial charge in [-0.15, -0.1) is 0 Å². The lowest BCUT2D eigenvalue weighted by Crippen LogP contribution is -2.56. The largest absolute Gasteiger partial charge is 0.487 e. The van der Waals surface area contributed by atoms with E-state index in [-0.39, 0.29) is 12.0 Å². The second-order valence-corrected chi connectivity index (χ2v) is 5.64. The minimum atomic E-state index is 0.0704. The lowest BCUT2D eigenvalue weighted by Gasteiger charge is -2.39. The number of benzene rings is 1. The van der Waals surface area contributed by atoms with Crippen LogP contribution in [-0.2, 0) is 4.79 Å². The van der Waals surface area contributed by atoms with Crippen molar-refractivity contribution in [1.82, 2.24) is 4.90 Å². The summed E-state index contributed by atoms with van der Waals surface area (Å²) in [4.78, 5) is 13.9. The molecule has 1 aromatic rings. The summed E-state index contributed by atoms with van der Waals surface area (Å²) in [5.41, 5.74) is 0.623. The molecule has 1 aromatic carbocycles. The van der Waals surface area contributed by atoms with Gasteiger partial charge < -0.3 is 9.64 Å². The minimum absolute atomic E-state index is 0.0704. The first-order valence-corrected chi connectivity index (χ1v) is 7.36. The number of nitrogens with zero attached hydrogens (tertiary/aromatic N) is 2. The van der Waals surface area contributed by atoms with Gasteiger partial charge in [0.1, 0.15) is 11.9 Å². The van der Waals surface area contributed by atoms with Crippen molar-refractivity contribution in [1.29, 1.82) is 5.26 Å². The van der Waals surface area contributed by atoms with Crippen molar-refractivity contribution in [3.8, 4) is 11.8 Å². The fourth-order valence-electron chi connectivity index (χ4n) is 2.74. The van der Waals surface area contributed by atoms with Crippen LogP contribution in [0.2, 0.25) is 0 Å². The van der Waals surface area contributed by atoms with Gasteiger partial charge in [-0.05, 0) is 43.0 Å². The molecule has 1 saturated heterocycles. The third kappa shape index (κ3) is 3.25. The van der Waals surface area contributed by atoms with Crippen LogP contribution in [0.5, 0.6) is 5.75 Å². The van der Waals surface area contributed by atoms with E-state index in [0.717, 1.165) is 18.6 Å². The summed E-state index contributed by atoms with van der Waals surface area (Å²) in [6.07, 6.45) is 7.21. The highest BCUT2D eigenvalue weighted by Crippen LogP contribution is 2.24. The van der Waals surface area contributed by atoms with Crippen molar-refractivity contribution in [3.63, 3.8) is 0 Å². The van der Waals surface area contributed by atoms with E-state index in [1.165, 1.54) is 0 Å². The van der Waals surface area contributed by atoms with Crippen molar-refractivity contribution in [2.45, 2.75) is 25.4 Å². The third-order valence-electron chi connectivity index (χ3n) is 4.04. The zero-order valence-electron chi connectivity index (χ0n) is 11.9. The van der Waals surface area contributed by atoms with E-state index < -0.39 is 0 Å². The summed E-state index contributed by atoms with van der Waals surface area (Å²) in [5, 5.41) is 8.74. The molecule has 0 unspecified atom stereocenters. The molecule has 1 fully saturated rings. The highest BCUT2D eigenvalue weighted by atomic mass is 16.5. The van der Waals surface area contributed by atoms with Crippen LogP contribution >= 0.6 is 0 Å². The Morgan fingerprint density at radius 1 is 1.33 bits per heavy atom. The third-order valence-corrected chi connectivity index (χ3v) is 4.04. The molecule has 1 heterocycles. The maximum absolute atomic E-state index is 12.1. The first-order valence-electron chi connectivity index (χ1n) is 7.36. The fourth-order valence-corrected chi connectivity index (χ4v) is 2.74. The monoisotopic (exact) mass is 282 g/mol. The minimum Gasteiger partial charge on any atom is -0.487 e. The van der Waals surface area contributed by atoms with E-state index >= 15 is 0 Å². The molecule has 108 valence electrons. The summed E-state index contributed by atoms with van der Waals surface area (Å²) >= 11 is 0. The van der Waals surface area contributed by atoms with Crippen LogP contribution < -0.4 is 4.74 Å². The van der Waals surface area contributed by atoms with Gasteiger partial charge >= 0.3 is 0 Å². The van der Waals surface area contributed by atoms with Crippen LogP contribution in [0.15, 0.2) is 36.4 Å². The topological polar surface area (TPSA) is 53.3 Å². The van der Waals surface area contributed by atoms with E-state index in [2.05, 4.69) is 18.2 Å². The van der Waals surface area contributed by atoms with Crippen molar-refractivity contribution in [2.24, 2.45) is 5.92 Å². The van der Waals surface area contributed by atoms with E-state index in [1.54, 1.807) is 24.3 Å². The summed E-state index contributed by atoms with van der Waals surface area (Å²) in [5.74, 6) is 1.41. The number of nitriles is 1. The standard InChI is InChI=1S/C17H18N2O2/c18-10-14-5-7-15(8-6-14)21-16-11-19(12-16)17(20)9-13-3-1-2-4-13/h1,3,5-8,13,16H,2,4,9,11-12H2/t13-/m1/s1. The van der Waals surface area contributed by atoms with Gasteiger partial charge in [-0.2, -0.15) is 5.26 Å². The Bertz CT molecular complexity index is 580. The van der Waals surface area contributed by atoms with Crippen molar-refractivity contribution in [3.05, 3.63) is 42.0 Å². The summed E-state index contributed by atoms with van der Waals surface area (Å²) < 4.78 is 5.78. The molecular weight excluding hydrogens is 264 g/mol. The summed E-state index contributed by atoms with van der Waals surface area (Å²) in [6, 6.07) is 9.15. The number of amides is 1. The number of carbonyl (C=O) groups is 1. The molecule has 4 nitrogen and oxygen atoms in total. The average molecular weight is 282 g/mol. The first kappa shape index (κ1) is 13.7. The van der Waals surface area contributed by atoms with Crippen LogP contribution in [-0.4, -0.2) is 30.0 Å². The van der Waals surface area contributed by atoms with Gasteiger partial charge in [0, 0.05) is 6.42 Å². The van der Waals surface area contributed by atoms with E-state index in [9.17, 15) is 4.79 Å². The zero-order valence-corrected chi connectivity index (χ0v) is 11.9. The molecule has 0 N–H and O–H groups in total. The van der Waals surface area contributed by atoms with Gasteiger partial charge in [-0.25, -0.2) is 0 Å². The molecule has 2 aliphatic rings. The lowest BCUT2D eigenvalue weighted by atomic mass is 10.0. The molecule has 0 saturated carbocycles. The van der Waals surface area contributed by atoms with Crippen molar-refractivity contribution in [2.75, 3.05) is 13.1 Å². The fraction of sp³-hybridized carbons (Fsp3) is 0.412. The van der Waals surface area contributed by atoms with Crippen LogP contribution in [0, 0.1) is 17.2 Å². The molecule has 1 amide bonds. The molecule has 0 bridgehead atoms. The Hall–Kier alpha value is -2.28. The highest BCUT2D eigenvalue weighted by molar-refractivity contribution is 5.77. The molecular formula is C17H18N2O2. The summed E-state index contributed by atoms with van der Waals surface area (Å²) in [6.45, 7) is 1.32. The Balaban J connectivity index is 1.43.